The number of carbonyl (C=O) groups is 1. The number of benzene rings is 1. The van der Waals surface area contributed by atoms with Crippen molar-refractivity contribution in [3.8, 4) is 5.75 Å². The highest BCUT2D eigenvalue weighted by Gasteiger charge is 1.99. The summed E-state index contributed by atoms with van der Waals surface area (Å²) in [6, 6.07) is 7.50. The number of unbranched alkanes of at least 4 members (excludes halogenated alkanes) is 2. The lowest BCUT2D eigenvalue weighted by Crippen LogP contribution is -2.09. The number of anilines is 1. The van der Waals surface area contributed by atoms with Crippen LogP contribution in [0.4, 0.5) is 5.69 Å². The van der Waals surface area contributed by atoms with Gasteiger partial charge in [-0.2, -0.15) is 0 Å². The number of hydrogen-bond donors (Lipinski definition) is 1. The number of aryl methyl sites for hydroxylation is 1. The van der Waals surface area contributed by atoms with E-state index in [2.05, 4.69) is 14.9 Å². The number of imidazole rings is 1. The zero-order valence-corrected chi connectivity index (χ0v) is 13.0. The Morgan fingerprint density at radius 2 is 2.05 bits per heavy atom. The van der Waals surface area contributed by atoms with Crippen LogP contribution < -0.4 is 10.1 Å². The highest BCUT2D eigenvalue weighted by Crippen LogP contribution is 2.16. The molecule has 1 heterocycles. The maximum Gasteiger partial charge on any atom is 0.224 e. The first-order valence-corrected chi connectivity index (χ1v) is 7.76. The standard InChI is InChI=1S/C17H23N3O2/c1-2-17(21)19-15-6-8-16(9-7-15)22-13-5-3-4-11-20-12-10-18-14-20/h6-10,12,14H,2-5,11,13H2,1H3,(H,19,21). The Morgan fingerprint density at radius 3 is 2.73 bits per heavy atom. The van der Waals surface area contributed by atoms with Crippen LogP contribution in [0.1, 0.15) is 32.6 Å². The zero-order chi connectivity index (χ0) is 15.6. The Kier molecular flexibility index (Phi) is 6.48. The van der Waals surface area contributed by atoms with Crippen LogP contribution >= 0.6 is 0 Å². The summed E-state index contributed by atoms with van der Waals surface area (Å²) in [5.41, 5.74) is 0.805. The molecule has 0 unspecified atom stereocenters. The lowest BCUT2D eigenvalue weighted by molar-refractivity contribution is -0.115. The number of nitrogens with one attached hydrogen (secondary N) is 1. The van der Waals surface area contributed by atoms with Crippen molar-refractivity contribution in [2.24, 2.45) is 0 Å². The molecule has 0 aliphatic heterocycles. The molecule has 2 rings (SSSR count). The van der Waals surface area contributed by atoms with E-state index in [1.165, 1.54) is 0 Å². The van der Waals surface area contributed by atoms with E-state index in [0.29, 0.717) is 13.0 Å². The van der Waals surface area contributed by atoms with E-state index in [0.717, 1.165) is 37.2 Å². The second-order valence-corrected chi connectivity index (χ2v) is 5.14. The minimum Gasteiger partial charge on any atom is -0.494 e. The highest BCUT2D eigenvalue weighted by molar-refractivity contribution is 5.90. The predicted octanol–water partition coefficient (Wildman–Crippen LogP) is 3.48. The lowest BCUT2D eigenvalue weighted by Gasteiger charge is -2.08. The monoisotopic (exact) mass is 301 g/mol. The van der Waals surface area contributed by atoms with Crippen molar-refractivity contribution >= 4 is 11.6 Å². The molecule has 22 heavy (non-hydrogen) atoms. The molecule has 0 radical (unpaired) electrons. The van der Waals surface area contributed by atoms with Gasteiger partial charge in [0.25, 0.3) is 0 Å². The molecule has 118 valence electrons. The van der Waals surface area contributed by atoms with Gasteiger partial charge in [-0.3, -0.25) is 4.79 Å². The lowest BCUT2D eigenvalue weighted by atomic mass is 10.2. The average Bonchev–Trinajstić information content (AvgIpc) is 3.05. The fourth-order valence-corrected chi connectivity index (χ4v) is 2.07. The number of amides is 1. The molecule has 0 aliphatic carbocycles. The van der Waals surface area contributed by atoms with Crippen molar-refractivity contribution in [3.63, 3.8) is 0 Å². The Balaban J connectivity index is 1.59. The normalized spacial score (nSPS) is 10.4. The number of carbonyl (C=O) groups excluding carboxylic acids is 1. The van der Waals surface area contributed by atoms with E-state index in [9.17, 15) is 4.79 Å². The van der Waals surface area contributed by atoms with Crippen molar-refractivity contribution in [2.75, 3.05) is 11.9 Å². The van der Waals surface area contributed by atoms with Crippen LogP contribution in [-0.4, -0.2) is 22.1 Å². The smallest absolute Gasteiger partial charge is 0.224 e. The number of ether oxygens (including phenoxy) is 1. The summed E-state index contributed by atoms with van der Waals surface area (Å²) in [6.07, 6.45) is 9.39. The third kappa shape index (κ3) is 5.60. The quantitative estimate of drug-likeness (QED) is 0.721. The second kappa shape index (κ2) is 8.87. The summed E-state index contributed by atoms with van der Waals surface area (Å²) >= 11 is 0. The summed E-state index contributed by atoms with van der Waals surface area (Å²) in [5, 5.41) is 2.81. The highest BCUT2D eigenvalue weighted by atomic mass is 16.5. The van der Waals surface area contributed by atoms with Crippen molar-refractivity contribution in [2.45, 2.75) is 39.2 Å². The molecule has 0 bridgehead atoms. The Bertz CT molecular complexity index is 550. The molecule has 0 atom stereocenters. The van der Waals surface area contributed by atoms with Gasteiger partial charge in [0.2, 0.25) is 5.91 Å². The van der Waals surface area contributed by atoms with E-state index in [4.69, 9.17) is 4.74 Å². The van der Waals surface area contributed by atoms with Gasteiger partial charge >= 0.3 is 0 Å². The summed E-state index contributed by atoms with van der Waals surface area (Å²) in [5.74, 6) is 0.857. The van der Waals surface area contributed by atoms with Crippen LogP contribution in [0.3, 0.4) is 0 Å². The van der Waals surface area contributed by atoms with Gasteiger partial charge in [0.15, 0.2) is 0 Å². The van der Waals surface area contributed by atoms with Crippen LogP contribution in [0.15, 0.2) is 43.0 Å². The maximum atomic E-state index is 11.3. The van der Waals surface area contributed by atoms with Crippen LogP contribution in [-0.2, 0) is 11.3 Å². The van der Waals surface area contributed by atoms with E-state index < -0.39 is 0 Å². The largest absolute Gasteiger partial charge is 0.494 e. The molecule has 0 fully saturated rings. The SMILES string of the molecule is CCC(=O)Nc1ccc(OCCCCCn2ccnc2)cc1. The summed E-state index contributed by atoms with van der Waals surface area (Å²) in [6.45, 7) is 3.55. The predicted molar refractivity (Wildman–Crippen MR) is 86.9 cm³/mol. The first-order valence-electron chi connectivity index (χ1n) is 7.76. The number of nitrogens with zero attached hydrogens (tertiary/aromatic N) is 2. The molecule has 5 heteroatoms. The third-order valence-corrected chi connectivity index (χ3v) is 3.35. The van der Waals surface area contributed by atoms with Crippen LogP contribution in [0, 0.1) is 0 Å². The molecule has 0 aliphatic rings. The first kappa shape index (κ1) is 16.1. The van der Waals surface area contributed by atoms with Gasteiger partial charge < -0.3 is 14.6 Å². The van der Waals surface area contributed by atoms with E-state index in [1.54, 1.807) is 6.20 Å². The van der Waals surface area contributed by atoms with Gasteiger partial charge in [-0.25, -0.2) is 4.98 Å². The molecule has 1 amide bonds. The average molecular weight is 301 g/mol. The van der Waals surface area contributed by atoms with Crippen LogP contribution in [0.5, 0.6) is 5.75 Å². The Labute approximate surface area is 131 Å². The molecule has 0 saturated heterocycles. The molecule has 1 aromatic heterocycles. The Morgan fingerprint density at radius 1 is 1.23 bits per heavy atom. The van der Waals surface area contributed by atoms with Gasteiger partial charge in [-0.05, 0) is 43.5 Å². The molecule has 1 aromatic carbocycles. The molecule has 2 aromatic rings. The zero-order valence-electron chi connectivity index (χ0n) is 13.0. The first-order chi connectivity index (χ1) is 10.8. The summed E-state index contributed by atoms with van der Waals surface area (Å²) < 4.78 is 7.79. The van der Waals surface area contributed by atoms with Gasteiger partial charge in [-0.1, -0.05) is 6.92 Å². The molecule has 1 N–H and O–H groups in total. The Hall–Kier alpha value is -2.30. The molecule has 0 saturated carbocycles. The number of hydrogen-bond acceptors (Lipinski definition) is 3. The minimum absolute atomic E-state index is 0.0200. The third-order valence-electron chi connectivity index (χ3n) is 3.35. The van der Waals surface area contributed by atoms with Crippen molar-refractivity contribution in [1.29, 1.82) is 0 Å². The maximum absolute atomic E-state index is 11.3. The number of rotatable bonds is 9. The van der Waals surface area contributed by atoms with E-state index in [1.807, 2.05) is 43.7 Å². The summed E-state index contributed by atoms with van der Waals surface area (Å²) in [7, 11) is 0. The second-order valence-electron chi connectivity index (χ2n) is 5.14. The van der Waals surface area contributed by atoms with Crippen molar-refractivity contribution < 1.29 is 9.53 Å². The fourth-order valence-electron chi connectivity index (χ4n) is 2.07. The van der Waals surface area contributed by atoms with E-state index >= 15 is 0 Å². The van der Waals surface area contributed by atoms with E-state index in [-0.39, 0.29) is 5.91 Å². The molecule has 0 spiro atoms. The van der Waals surface area contributed by atoms with Gasteiger partial charge in [0.05, 0.1) is 12.9 Å². The van der Waals surface area contributed by atoms with Gasteiger partial charge in [0, 0.05) is 31.0 Å². The van der Waals surface area contributed by atoms with Gasteiger partial charge in [0.1, 0.15) is 5.75 Å². The van der Waals surface area contributed by atoms with Crippen LogP contribution in [0.25, 0.3) is 0 Å². The van der Waals surface area contributed by atoms with Gasteiger partial charge in [-0.15, -0.1) is 0 Å². The topological polar surface area (TPSA) is 56.1 Å². The van der Waals surface area contributed by atoms with Crippen molar-refractivity contribution in [3.05, 3.63) is 43.0 Å². The summed E-state index contributed by atoms with van der Waals surface area (Å²) in [4.78, 5) is 15.3. The minimum atomic E-state index is 0.0200. The van der Waals surface area contributed by atoms with Crippen molar-refractivity contribution in [1.82, 2.24) is 9.55 Å². The fraction of sp³-hybridized carbons (Fsp3) is 0.412. The number of aromatic nitrogens is 2. The molecular formula is C17H23N3O2. The molecular weight excluding hydrogens is 278 g/mol. The van der Waals surface area contributed by atoms with Crippen LogP contribution in [0.2, 0.25) is 0 Å². The molecule has 5 nitrogen and oxygen atoms in total.